The van der Waals surface area contributed by atoms with Crippen LogP contribution in [0.15, 0.2) is 50.7 Å². The van der Waals surface area contributed by atoms with Gasteiger partial charge in [0, 0.05) is 11.6 Å². The third-order valence-corrected chi connectivity index (χ3v) is 2.78. The number of nitrogens with zero attached hydrogens (tertiary/aromatic N) is 1. The Hall–Kier alpha value is -2.89. The molecule has 108 valence electrons. The fraction of sp³-hybridized carbons (Fsp3) is 0.133. The number of carbonyl (C=O) groups excluding carboxylic acids is 1. The number of rotatable bonds is 3. The highest BCUT2D eigenvalue weighted by molar-refractivity contribution is 6.02. The number of hydrogen-bond donors (Lipinski definition) is 2. The number of aryl methyl sites for hydroxylation is 1. The first kappa shape index (κ1) is 14.5. The van der Waals surface area contributed by atoms with Crippen LogP contribution >= 0.6 is 0 Å². The number of nitrogens with one attached hydrogen (secondary N) is 1. The van der Waals surface area contributed by atoms with Crippen LogP contribution in [-0.4, -0.2) is 16.7 Å². The lowest BCUT2D eigenvalue weighted by Crippen LogP contribution is -2.21. The van der Waals surface area contributed by atoms with Crippen molar-refractivity contribution >= 4 is 11.6 Å². The monoisotopic (exact) mass is 286 g/mol. The average molecular weight is 286 g/mol. The smallest absolute Gasteiger partial charge is 0.348 e. The third kappa shape index (κ3) is 3.36. The Bertz CT molecular complexity index is 748. The lowest BCUT2D eigenvalue weighted by molar-refractivity contribution is 0.0955. The maximum absolute atomic E-state index is 11.8. The van der Waals surface area contributed by atoms with Crippen molar-refractivity contribution in [3.8, 4) is 5.75 Å². The molecule has 0 saturated heterocycles. The SMILES string of the molecule is C/C(=N\NC(=O)c1ccccc1)c1c(O)cc(C)oc1=O. The van der Waals surface area contributed by atoms with Gasteiger partial charge in [0.1, 0.15) is 17.1 Å². The molecule has 6 nitrogen and oxygen atoms in total. The Labute approximate surface area is 120 Å². The number of amides is 1. The second-order valence-electron chi connectivity index (χ2n) is 4.41. The van der Waals surface area contributed by atoms with Gasteiger partial charge in [-0.25, -0.2) is 10.2 Å². The molecule has 0 spiro atoms. The van der Waals surface area contributed by atoms with Crippen LogP contribution in [-0.2, 0) is 0 Å². The summed E-state index contributed by atoms with van der Waals surface area (Å²) in [7, 11) is 0. The molecule has 0 bridgehead atoms. The second-order valence-corrected chi connectivity index (χ2v) is 4.41. The summed E-state index contributed by atoms with van der Waals surface area (Å²) in [5.41, 5.74) is 2.14. The Balaban J connectivity index is 2.23. The van der Waals surface area contributed by atoms with Crippen LogP contribution in [0.3, 0.4) is 0 Å². The van der Waals surface area contributed by atoms with Crippen LogP contribution in [0, 0.1) is 6.92 Å². The second kappa shape index (κ2) is 6.04. The standard InChI is InChI=1S/C15H14N2O4/c1-9-8-12(18)13(15(20)21-9)10(2)16-17-14(19)11-6-4-3-5-7-11/h3-8,18H,1-2H3,(H,17,19)/b16-10+. The Kier molecular flexibility index (Phi) is 4.18. The number of hydrogen-bond acceptors (Lipinski definition) is 5. The largest absolute Gasteiger partial charge is 0.507 e. The van der Waals surface area contributed by atoms with Gasteiger partial charge in [0.2, 0.25) is 0 Å². The van der Waals surface area contributed by atoms with E-state index in [0.29, 0.717) is 11.3 Å². The quantitative estimate of drug-likeness (QED) is 0.665. The van der Waals surface area contributed by atoms with Crippen molar-refractivity contribution in [1.29, 1.82) is 0 Å². The van der Waals surface area contributed by atoms with Crippen molar-refractivity contribution in [2.45, 2.75) is 13.8 Å². The van der Waals surface area contributed by atoms with Crippen molar-refractivity contribution < 1.29 is 14.3 Å². The molecule has 2 N–H and O–H groups in total. The fourth-order valence-corrected chi connectivity index (χ4v) is 1.77. The molecule has 0 aliphatic heterocycles. The van der Waals surface area contributed by atoms with E-state index in [2.05, 4.69) is 10.5 Å². The van der Waals surface area contributed by atoms with E-state index in [1.165, 1.54) is 13.0 Å². The number of aromatic hydroxyl groups is 1. The topological polar surface area (TPSA) is 91.9 Å². The van der Waals surface area contributed by atoms with E-state index in [-0.39, 0.29) is 17.0 Å². The molecule has 1 aromatic carbocycles. The molecule has 1 heterocycles. The molecule has 1 aromatic heterocycles. The summed E-state index contributed by atoms with van der Waals surface area (Å²) >= 11 is 0. The highest BCUT2D eigenvalue weighted by atomic mass is 16.4. The minimum atomic E-state index is -0.706. The lowest BCUT2D eigenvalue weighted by atomic mass is 10.2. The minimum absolute atomic E-state index is 0.0750. The van der Waals surface area contributed by atoms with E-state index in [1.807, 2.05) is 0 Å². The minimum Gasteiger partial charge on any atom is -0.507 e. The normalized spacial score (nSPS) is 11.2. The third-order valence-electron chi connectivity index (χ3n) is 2.78. The zero-order valence-electron chi connectivity index (χ0n) is 11.6. The van der Waals surface area contributed by atoms with Gasteiger partial charge in [0.15, 0.2) is 0 Å². The molecule has 0 unspecified atom stereocenters. The van der Waals surface area contributed by atoms with Crippen LogP contribution in [0.2, 0.25) is 0 Å². The molecule has 0 fully saturated rings. The number of benzene rings is 1. The molecule has 0 atom stereocenters. The molecule has 21 heavy (non-hydrogen) atoms. The molecular formula is C15H14N2O4. The van der Waals surface area contributed by atoms with Gasteiger partial charge in [-0.2, -0.15) is 5.10 Å². The summed E-state index contributed by atoms with van der Waals surface area (Å²) in [6, 6.07) is 9.84. The summed E-state index contributed by atoms with van der Waals surface area (Å²) < 4.78 is 4.89. The van der Waals surface area contributed by atoms with Gasteiger partial charge in [0.25, 0.3) is 5.91 Å². The first-order valence-corrected chi connectivity index (χ1v) is 6.23. The van der Waals surface area contributed by atoms with Crippen molar-refractivity contribution in [3.05, 3.63) is 63.7 Å². The van der Waals surface area contributed by atoms with Crippen LogP contribution < -0.4 is 11.1 Å². The summed E-state index contributed by atoms with van der Waals surface area (Å²) in [6.07, 6.45) is 0. The first-order valence-electron chi connectivity index (χ1n) is 6.23. The van der Waals surface area contributed by atoms with Crippen molar-refractivity contribution in [2.75, 3.05) is 0 Å². The van der Waals surface area contributed by atoms with Crippen LogP contribution in [0.25, 0.3) is 0 Å². The Morgan fingerprint density at radius 1 is 1.29 bits per heavy atom. The highest BCUT2D eigenvalue weighted by Gasteiger charge is 2.13. The first-order chi connectivity index (χ1) is 9.99. The predicted molar refractivity (Wildman–Crippen MR) is 77.5 cm³/mol. The van der Waals surface area contributed by atoms with Gasteiger partial charge < -0.3 is 9.52 Å². The van der Waals surface area contributed by atoms with E-state index >= 15 is 0 Å². The Morgan fingerprint density at radius 2 is 1.95 bits per heavy atom. The zero-order valence-corrected chi connectivity index (χ0v) is 11.6. The fourth-order valence-electron chi connectivity index (χ4n) is 1.77. The number of hydrazone groups is 1. The van der Waals surface area contributed by atoms with Gasteiger partial charge >= 0.3 is 5.63 Å². The van der Waals surface area contributed by atoms with E-state index < -0.39 is 11.5 Å². The summed E-state index contributed by atoms with van der Waals surface area (Å²) in [5.74, 6) is -0.354. The Morgan fingerprint density at radius 3 is 2.57 bits per heavy atom. The van der Waals surface area contributed by atoms with E-state index in [0.717, 1.165) is 0 Å². The van der Waals surface area contributed by atoms with Crippen LogP contribution in [0.1, 0.15) is 28.6 Å². The van der Waals surface area contributed by atoms with Crippen molar-refractivity contribution in [3.63, 3.8) is 0 Å². The highest BCUT2D eigenvalue weighted by Crippen LogP contribution is 2.15. The zero-order chi connectivity index (χ0) is 15.4. The van der Waals surface area contributed by atoms with E-state index in [9.17, 15) is 14.7 Å². The summed E-state index contributed by atoms with van der Waals surface area (Å²) in [6.45, 7) is 3.04. The molecule has 6 heteroatoms. The molecule has 0 aliphatic carbocycles. The molecule has 0 saturated carbocycles. The van der Waals surface area contributed by atoms with Gasteiger partial charge in [-0.15, -0.1) is 0 Å². The van der Waals surface area contributed by atoms with Crippen LogP contribution in [0.5, 0.6) is 5.75 Å². The average Bonchev–Trinajstić information content (AvgIpc) is 2.44. The molecule has 0 aliphatic rings. The summed E-state index contributed by atoms with van der Waals surface area (Å²) in [4.78, 5) is 23.5. The van der Waals surface area contributed by atoms with Gasteiger partial charge in [0.05, 0.1) is 5.71 Å². The molecule has 1 amide bonds. The van der Waals surface area contributed by atoms with Gasteiger partial charge in [-0.05, 0) is 26.0 Å². The van der Waals surface area contributed by atoms with Crippen molar-refractivity contribution in [1.82, 2.24) is 5.43 Å². The van der Waals surface area contributed by atoms with Crippen molar-refractivity contribution in [2.24, 2.45) is 5.10 Å². The van der Waals surface area contributed by atoms with Gasteiger partial charge in [-0.1, -0.05) is 18.2 Å². The molecule has 2 aromatic rings. The van der Waals surface area contributed by atoms with E-state index in [1.54, 1.807) is 37.3 Å². The summed E-state index contributed by atoms with van der Waals surface area (Å²) in [5, 5.41) is 13.6. The molecule has 2 rings (SSSR count). The maximum Gasteiger partial charge on any atom is 0.348 e. The molecular weight excluding hydrogens is 272 g/mol. The maximum atomic E-state index is 11.8. The lowest BCUT2D eigenvalue weighted by Gasteiger charge is -2.04. The van der Waals surface area contributed by atoms with E-state index in [4.69, 9.17) is 4.42 Å². The molecule has 0 radical (unpaired) electrons. The van der Waals surface area contributed by atoms with Crippen LogP contribution in [0.4, 0.5) is 0 Å². The van der Waals surface area contributed by atoms with Gasteiger partial charge in [-0.3, -0.25) is 4.79 Å². The number of carbonyl (C=O) groups is 1. The predicted octanol–water partition coefficient (Wildman–Crippen LogP) is 1.81.